The lowest BCUT2D eigenvalue weighted by Crippen LogP contribution is -2.30. The van der Waals surface area contributed by atoms with Crippen molar-refractivity contribution in [2.45, 2.75) is 26.7 Å². The number of hydrogen-bond acceptors (Lipinski definition) is 0. The Bertz CT molecular complexity index is 502. The van der Waals surface area contributed by atoms with Gasteiger partial charge in [-0.25, -0.2) is 0 Å². The monoisotopic (exact) mass is 320 g/mol. The van der Waals surface area contributed by atoms with Gasteiger partial charge in [-0.1, -0.05) is 59.7 Å². The zero-order chi connectivity index (χ0) is 15.3. The van der Waals surface area contributed by atoms with Crippen molar-refractivity contribution in [1.82, 2.24) is 0 Å². The number of hydrogen-bond donors (Lipinski definition) is 0. The molecule has 0 aromatic heterocycles. The molecule has 0 radical (unpaired) electrons. The number of halogens is 2. The van der Waals surface area contributed by atoms with Crippen LogP contribution in [-0.4, -0.2) is 11.8 Å². The third-order valence-corrected chi connectivity index (χ3v) is 5.10. The van der Waals surface area contributed by atoms with E-state index in [9.17, 15) is 0 Å². The van der Waals surface area contributed by atoms with E-state index >= 15 is 0 Å². The molecule has 0 spiro atoms. The normalized spacial score (nSPS) is 11.6. The van der Waals surface area contributed by atoms with E-state index in [1.807, 2.05) is 0 Å². The second-order valence-electron chi connectivity index (χ2n) is 6.09. The molecule has 2 heteroatoms. The first-order valence-corrected chi connectivity index (χ1v) is 8.37. The largest absolute Gasteiger partial charge is 0.126 e. The molecular weight excluding hydrogens is 299 g/mol. The molecule has 0 aliphatic carbocycles. The van der Waals surface area contributed by atoms with Gasteiger partial charge in [0.15, 0.2) is 0 Å². The Labute approximate surface area is 138 Å². The van der Waals surface area contributed by atoms with Gasteiger partial charge < -0.3 is 0 Å². The maximum absolute atomic E-state index is 6.30. The fourth-order valence-corrected chi connectivity index (χ4v) is 3.23. The van der Waals surface area contributed by atoms with Crippen LogP contribution in [0.3, 0.4) is 0 Å². The SMILES string of the molecule is Cc1ccc(CC(CCl)(CCl)Cc2ccc(C)cc2)cc1. The number of benzene rings is 2. The maximum Gasteiger partial charge on any atom is 0.0297 e. The second kappa shape index (κ2) is 7.33. The van der Waals surface area contributed by atoms with E-state index in [-0.39, 0.29) is 5.41 Å². The van der Waals surface area contributed by atoms with E-state index in [1.54, 1.807) is 0 Å². The van der Waals surface area contributed by atoms with Gasteiger partial charge in [0.05, 0.1) is 0 Å². The van der Waals surface area contributed by atoms with Crippen molar-refractivity contribution in [3.63, 3.8) is 0 Å². The van der Waals surface area contributed by atoms with E-state index in [2.05, 4.69) is 62.4 Å². The molecule has 0 N–H and O–H groups in total. The van der Waals surface area contributed by atoms with Crippen LogP contribution in [-0.2, 0) is 12.8 Å². The summed E-state index contributed by atoms with van der Waals surface area (Å²) in [5, 5.41) is 0. The highest BCUT2D eigenvalue weighted by atomic mass is 35.5. The molecule has 0 heterocycles. The van der Waals surface area contributed by atoms with Crippen LogP contribution in [0.2, 0.25) is 0 Å². The fraction of sp³-hybridized carbons (Fsp3) is 0.368. The van der Waals surface area contributed by atoms with Gasteiger partial charge in [0.1, 0.15) is 0 Å². The van der Waals surface area contributed by atoms with Crippen molar-refractivity contribution in [2.24, 2.45) is 5.41 Å². The quantitative estimate of drug-likeness (QED) is 0.612. The summed E-state index contributed by atoms with van der Waals surface area (Å²) in [5.74, 6) is 1.14. The highest BCUT2D eigenvalue weighted by Gasteiger charge is 2.29. The molecule has 0 aliphatic rings. The molecular formula is C19H22Cl2. The molecule has 0 saturated heterocycles. The molecule has 21 heavy (non-hydrogen) atoms. The average Bonchev–Trinajstić information content (AvgIpc) is 2.51. The minimum absolute atomic E-state index is 0.0897. The Hall–Kier alpha value is -0.980. The summed E-state index contributed by atoms with van der Waals surface area (Å²) in [7, 11) is 0. The smallest absolute Gasteiger partial charge is 0.0297 e. The van der Waals surface area contributed by atoms with Gasteiger partial charge in [0.25, 0.3) is 0 Å². The van der Waals surface area contributed by atoms with Crippen molar-refractivity contribution >= 4 is 23.2 Å². The molecule has 0 atom stereocenters. The minimum Gasteiger partial charge on any atom is -0.126 e. The number of alkyl halides is 2. The van der Waals surface area contributed by atoms with Crippen LogP contribution >= 0.6 is 23.2 Å². The van der Waals surface area contributed by atoms with Crippen LogP contribution in [0.25, 0.3) is 0 Å². The van der Waals surface area contributed by atoms with Crippen molar-refractivity contribution in [1.29, 1.82) is 0 Å². The summed E-state index contributed by atoms with van der Waals surface area (Å²) in [5.41, 5.74) is 5.07. The molecule has 0 amide bonds. The van der Waals surface area contributed by atoms with Crippen molar-refractivity contribution in [2.75, 3.05) is 11.8 Å². The molecule has 0 bridgehead atoms. The molecule has 2 rings (SSSR count). The molecule has 0 aliphatic heterocycles. The third-order valence-electron chi connectivity index (χ3n) is 3.97. The Morgan fingerprint density at radius 1 is 0.667 bits per heavy atom. The van der Waals surface area contributed by atoms with Crippen LogP contribution < -0.4 is 0 Å². The van der Waals surface area contributed by atoms with Crippen LogP contribution in [0.4, 0.5) is 0 Å². The zero-order valence-corrected chi connectivity index (χ0v) is 14.2. The summed E-state index contributed by atoms with van der Waals surface area (Å²) in [6, 6.07) is 17.3. The topological polar surface area (TPSA) is 0 Å². The van der Waals surface area contributed by atoms with Crippen molar-refractivity contribution in [3.05, 3.63) is 70.8 Å². The molecule has 2 aromatic rings. The first-order chi connectivity index (χ1) is 10.1. The predicted octanol–water partition coefficient (Wildman–Crippen LogP) is 5.55. The highest BCUT2D eigenvalue weighted by molar-refractivity contribution is 6.21. The zero-order valence-electron chi connectivity index (χ0n) is 12.7. The van der Waals surface area contributed by atoms with Gasteiger partial charge in [-0.05, 0) is 37.8 Å². The lowest BCUT2D eigenvalue weighted by molar-refractivity contribution is 0.374. The summed E-state index contributed by atoms with van der Waals surface area (Å²) in [4.78, 5) is 0. The van der Waals surface area contributed by atoms with Gasteiger partial charge in [-0.3, -0.25) is 0 Å². The first kappa shape index (κ1) is 16.4. The maximum atomic E-state index is 6.30. The van der Waals surface area contributed by atoms with E-state index in [1.165, 1.54) is 22.3 Å². The molecule has 0 nitrogen and oxygen atoms in total. The van der Waals surface area contributed by atoms with Crippen LogP contribution in [0.15, 0.2) is 48.5 Å². The molecule has 0 fully saturated rings. The van der Waals surface area contributed by atoms with Gasteiger partial charge in [-0.2, -0.15) is 0 Å². The van der Waals surface area contributed by atoms with Gasteiger partial charge in [-0.15, -0.1) is 23.2 Å². The van der Waals surface area contributed by atoms with Crippen molar-refractivity contribution in [3.8, 4) is 0 Å². The second-order valence-corrected chi connectivity index (χ2v) is 6.63. The average molecular weight is 321 g/mol. The fourth-order valence-electron chi connectivity index (χ4n) is 2.57. The molecule has 0 saturated carbocycles. The van der Waals surface area contributed by atoms with Crippen molar-refractivity contribution < 1.29 is 0 Å². The number of aryl methyl sites for hydroxylation is 2. The Morgan fingerprint density at radius 3 is 1.29 bits per heavy atom. The van der Waals surface area contributed by atoms with Crippen LogP contribution in [0, 0.1) is 19.3 Å². The Kier molecular flexibility index (Phi) is 5.72. The first-order valence-electron chi connectivity index (χ1n) is 7.30. The third kappa shape index (κ3) is 4.49. The van der Waals surface area contributed by atoms with E-state index < -0.39 is 0 Å². The van der Waals surface area contributed by atoms with E-state index in [4.69, 9.17) is 23.2 Å². The minimum atomic E-state index is -0.0897. The predicted molar refractivity (Wildman–Crippen MR) is 93.6 cm³/mol. The Balaban J connectivity index is 2.19. The highest BCUT2D eigenvalue weighted by Crippen LogP contribution is 2.31. The molecule has 0 unspecified atom stereocenters. The van der Waals surface area contributed by atoms with Gasteiger partial charge in [0, 0.05) is 17.2 Å². The summed E-state index contributed by atoms with van der Waals surface area (Å²) in [6.45, 7) is 4.21. The lowest BCUT2D eigenvalue weighted by atomic mass is 9.79. The van der Waals surface area contributed by atoms with Gasteiger partial charge in [0.2, 0.25) is 0 Å². The Morgan fingerprint density at radius 2 is 1.00 bits per heavy atom. The lowest BCUT2D eigenvalue weighted by Gasteiger charge is -2.30. The van der Waals surface area contributed by atoms with Crippen LogP contribution in [0.5, 0.6) is 0 Å². The standard InChI is InChI=1S/C19H22Cl2/c1-15-3-7-17(8-4-15)11-19(13-20,14-21)12-18-9-5-16(2)6-10-18/h3-10H,11-14H2,1-2H3. The summed E-state index contributed by atoms with van der Waals surface area (Å²) >= 11 is 12.6. The summed E-state index contributed by atoms with van der Waals surface area (Å²) < 4.78 is 0. The molecule has 112 valence electrons. The van der Waals surface area contributed by atoms with Gasteiger partial charge >= 0.3 is 0 Å². The molecule has 2 aromatic carbocycles. The van der Waals surface area contributed by atoms with E-state index in [0.717, 1.165) is 12.8 Å². The van der Waals surface area contributed by atoms with Crippen LogP contribution in [0.1, 0.15) is 22.3 Å². The summed E-state index contributed by atoms with van der Waals surface area (Å²) in [6.07, 6.45) is 1.82. The number of rotatable bonds is 6. The van der Waals surface area contributed by atoms with E-state index in [0.29, 0.717) is 11.8 Å².